The Kier molecular flexibility index (Phi) is 4.03. The molecule has 1 N–H and O–H groups in total. The van der Waals surface area contributed by atoms with Crippen molar-refractivity contribution in [3.8, 4) is 0 Å². The largest absolute Gasteiger partial charge is 0.433 e. The molecular weight excluding hydrogens is 283 g/mol. The van der Waals surface area contributed by atoms with Crippen LogP contribution in [0.25, 0.3) is 0 Å². The number of anilines is 1. The zero-order valence-electron chi connectivity index (χ0n) is 11.6. The van der Waals surface area contributed by atoms with Crippen LogP contribution in [-0.2, 0) is 10.9 Å². The maximum absolute atomic E-state index is 12.6. The third kappa shape index (κ3) is 3.85. The molecule has 1 atom stereocenters. The van der Waals surface area contributed by atoms with Gasteiger partial charge in [0.2, 0.25) is 0 Å². The SMILES string of the molecule is FC(F)(F)c1cccc(NCC2CN(C3CC3)CCO2)n1. The van der Waals surface area contributed by atoms with E-state index in [1.54, 1.807) is 0 Å². The first-order valence-corrected chi connectivity index (χ1v) is 7.16. The summed E-state index contributed by atoms with van der Waals surface area (Å²) in [5.74, 6) is 0.233. The van der Waals surface area contributed by atoms with Crippen LogP contribution in [0.2, 0.25) is 0 Å². The zero-order valence-corrected chi connectivity index (χ0v) is 11.6. The van der Waals surface area contributed by atoms with E-state index < -0.39 is 11.9 Å². The Balaban J connectivity index is 1.54. The van der Waals surface area contributed by atoms with Gasteiger partial charge in [0.05, 0.1) is 12.7 Å². The van der Waals surface area contributed by atoms with E-state index in [1.807, 2.05) is 0 Å². The summed E-state index contributed by atoms with van der Waals surface area (Å²) in [7, 11) is 0. The van der Waals surface area contributed by atoms with Gasteiger partial charge < -0.3 is 10.1 Å². The van der Waals surface area contributed by atoms with Crippen LogP contribution in [0.5, 0.6) is 0 Å². The second-order valence-electron chi connectivity index (χ2n) is 5.51. The van der Waals surface area contributed by atoms with Crippen molar-refractivity contribution in [3.63, 3.8) is 0 Å². The highest BCUT2D eigenvalue weighted by Gasteiger charge is 2.34. The number of pyridine rings is 1. The molecule has 1 aliphatic heterocycles. The monoisotopic (exact) mass is 301 g/mol. The maximum atomic E-state index is 12.6. The van der Waals surface area contributed by atoms with Crippen LogP contribution in [-0.4, -0.2) is 48.3 Å². The molecule has 0 spiro atoms. The van der Waals surface area contributed by atoms with Crippen molar-refractivity contribution < 1.29 is 17.9 Å². The van der Waals surface area contributed by atoms with Gasteiger partial charge >= 0.3 is 6.18 Å². The number of nitrogens with zero attached hydrogens (tertiary/aromatic N) is 2. The summed E-state index contributed by atoms with van der Waals surface area (Å²) in [6.45, 7) is 2.93. The molecule has 2 fully saturated rings. The van der Waals surface area contributed by atoms with E-state index in [0.29, 0.717) is 19.2 Å². The average Bonchev–Trinajstić information content (AvgIpc) is 3.30. The van der Waals surface area contributed by atoms with Crippen LogP contribution in [0, 0.1) is 0 Å². The highest BCUT2D eigenvalue weighted by molar-refractivity contribution is 5.36. The Morgan fingerprint density at radius 2 is 2.14 bits per heavy atom. The highest BCUT2D eigenvalue weighted by Crippen LogP contribution is 2.29. The van der Waals surface area contributed by atoms with Crippen LogP contribution in [0.15, 0.2) is 18.2 Å². The molecule has 2 heterocycles. The standard InChI is InChI=1S/C14H18F3N3O/c15-14(16,17)12-2-1-3-13(19-12)18-8-11-9-20(6-7-21-11)10-4-5-10/h1-3,10-11H,4-9H2,(H,18,19). The molecule has 0 aromatic carbocycles. The number of ether oxygens (including phenoxy) is 1. The van der Waals surface area contributed by atoms with Gasteiger partial charge in [0.1, 0.15) is 11.5 Å². The lowest BCUT2D eigenvalue weighted by atomic mass is 10.2. The Hall–Kier alpha value is -1.34. The van der Waals surface area contributed by atoms with Gasteiger partial charge in [-0.15, -0.1) is 0 Å². The van der Waals surface area contributed by atoms with Gasteiger partial charge in [-0.3, -0.25) is 4.90 Å². The minimum atomic E-state index is -4.41. The second-order valence-corrected chi connectivity index (χ2v) is 5.51. The first-order valence-electron chi connectivity index (χ1n) is 7.16. The van der Waals surface area contributed by atoms with Gasteiger partial charge in [-0.1, -0.05) is 6.07 Å². The van der Waals surface area contributed by atoms with Crippen molar-refractivity contribution >= 4 is 5.82 Å². The lowest BCUT2D eigenvalue weighted by molar-refractivity contribution is -0.141. The summed E-state index contributed by atoms with van der Waals surface area (Å²) in [6, 6.07) is 4.55. The first-order chi connectivity index (χ1) is 10.0. The van der Waals surface area contributed by atoms with Gasteiger partial charge in [0.15, 0.2) is 0 Å². The molecule has 1 saturated heterocycles. The van der Waals surface area contributed by atoms with Crippen LogP contribution in [0.4, 0.5) is 19.0 Å². The smallest absolute Gasteiger partial charge is 0.374 e. The Morgan fingerprint density at radius 3 is 2.86 bits per heavy atom. The Morgan fingerprint density at radius 1 is 1.33 bits per heavy atom. The summed E-state index contributed by atoms with van der Waals surface area (Å²) in [5.41, 5.74) is -0.878. The van der Waals surface area contributed by atoms with E-state index in [0.717, 1.165) is 19.2 Å². The highest BCUT2D eigenvalue weighted by atomic mass is 19.4. The van der Waals surface area contributed by atoms with Crippen LogP contribution < -0.4 is 5.32 Å². The van der Waals surface area contributed by atoms with Crippen LogP contribution in [0.1, 0.15) is 18.5 Å². The normalized spacial score (nSPS) is 24.0. The number of morpholine rings is 1. The van der Waals surface area contributed by atoms with Crippen molar-refractivity contribution in [3.05, 3.63) is 23.9 Å². The van der Waals surface area contributed by atoms with E-state index in [1.165, 1.54) is 25.0 Å². The average molecular weight is 301 g/mol. The molecule has 0 radical (unpaired) electrons. The van der Waals surface area contributed by atoms with E-state index in [4.69, 9.17) is 4.74 Å². The van der Waals surface area contributed by atoms with Gasteiger partial charge in [-0.05, 0) is 25.0 Å². The van der Waals surface area contributed by atoms with Crippen molar-refractivity contribution in [2.45, 2.75) is 31.2 Å². The molecule has 4 nitrogen and oxygen atoms in total. The molecule has 7 heteroatoms. The van der Waals surface area contributed by atoms with Crippen molar-refractivity contribution in [2.24, 2.45) is 0 Å². The summed E-state index contributed by atoms with van der Waals surface area (Å²) in [4.78, 5) is 5.99. The van der Waals surface area contributed by atoms with Gasteiger partial charge in [-0.25, -0.2) is 4.98 Å². The second kappa shape index (κ2) is 5.81. The first kappa shape index (κ1) is 14.6. The van der Waals surface area contributed by atoms with Gasteiger partial charge in [-0.2, -0.15) is 13.2 Å². The van der Waals surface area contributed by atoms with Crippen molar-refractivity contribution in [1.82, 2.24) is 9.88 Å². The van der Waals surface area contributed by atoms with E-state index >= 15 is 0 Å². The van der Waals surface area contributed by atoms with E-state index in [-0.39, 0.29) is 11.9 Å². The Labute approximate surface area is 121 Å². The molecule has 1 unspecified atom stereocenters. The topological polar surface area (TPSA) is 37.4 Å². The number of nitrogens with one attached hydrogen (secondary N) is 1. The molecule has 1 aromatic heterocycles. The molecule has 0 amide bonds. The number of rotatable bonds is 4. The maximum Gasteiger partial charge on any atom is 0.433 e. The number of aromatic nitrogens is 1. The fraction of sp³-hybridized carbons (Fsp3) is 0.643. The Bertz CT molecular complexity index is 491. The predicted molar refractivity (Wildman–Crippen MR) is 72.1 cm³/mol. The van der Waals surface area contributed by atoms with Gasteiger partial charge in [0, 0.05) is 25.7 Å². The molecule has 21 heavy (non-hydrogen) atoms. The number of halogens is 3. The van der Waals surface area contributed by atoms with Crippen molar-refractivity contribution in [2.75, 3.05) is 31.6 Å². The quantitative estimate of drug-likeness (QED) is 0.926. The zero-order chi connectivity index (χ0) is 14.9. The number of hydrogen-bond donors (Lipinski definition) is 1. The molecule has 1 aromatic rings. The summed E-state index contributed by atoms with van der Waals surface area (Å²) >= 11 is 0. The number of hydrogen-bond acceptors (Lipinski definition) is 4. The third-order valence-corrected chi connectivity index (χ3v) is 3.78. The van der Waals surface area contributed by atoms with E-state index in [2.05, 4.69) is 15.2 Å². The molecule has 1 aliphatic carbocycles. The molecular formula is C14H18F3N3O. The fourth-order valence-electron chi connectivity index (χ4n) is 2.55. The minimum absolute atomic E-state index is 0.00399. The summed E-state index contributed by atoms with van der Waals surface area (Å²) < 4.78 is 43.4. The number of alkyl halides is 3. The fourth-order valence-corrected chi connectivity index (χ4v) is 2.55. The molecule has 0 bridgehead atoms. The molecule has 116 valence electrons. The molecule has 3 rings (SSSR count). The summed E-state index contributed by atoms with van der Waals surface area (Å²) in [6.07, 6.45) is -1.93. The molecule has 1 saturated carbocycles. The lowest BCUT2D eigenvalue weighted by Crippen LogP contribution is -2.46. The molecule has 2 aliphatic rings. The summed E-state index contributed by atoms with van der Waals surface area (Å²) in [5, 5.41) is 2.94. The van der Waals surface area contributed by atoms with E-state index in [9.17, 15) is 13.2 Å². The lowest BCUT2D eigenvalue weighted by Gasteiger charge is -2.33. The van der Waals surface area contributed by atoms with Crippen LogP contribution >= 0.6 is 0 Å². The van der Waals surface area contributed by atoms with Crippen LogP contribution in [0.3, 0.4) is 0 Å². The van der Waals surface area contributed by atoms with Gasteiger partial charge in [0.25, 0.3) is 0 Å². The minimum Gasteiger partial charge on any atom is -0.374 e. The third-order valence-electron chi connectivity index (χ3n) is 3.78. The van der Waals surface area contributed by atoms with Crippen molar-refractivity contribution in [1.29, 1.82) is 0 Å². The predicted octanol–water partition coefficient (Wildman–Crippen LogP) is 2.38.